The van der Waals surface area contributed by atoms with E-state index in [1.807, 2.05) is 0 Å². The van der Waals surface area contributed by atoms with E-state index in [2.05, 4.69) is 18.9 Å². The first-order chi connectivity index (χ1) is 8.99. The van der Waals surface area contributed by atoms with Crippen molar-refractivity contribution >= 4 is 0 Å². The summed E-state index contributed by atoms with van der Waals surface area (Å²) < 4.78 is 0. The summed E-state index contributed by atoms with van der Waals surface area (Å²) in [6.07, 6.45) is 4.37. The van der Waals surface area contributed by atoms with Gasteiger partial charge in [0, 0.05) is 29.8 Å². The molecule has 4 heteroatoms. The number of rotatable bonds is 3. The number of phenols is 2. The van der Waals surface area contributed by atoms with Crippen molar-refractivity contribution in [1.82, 2.24) is 4.90 Å². The van der Waals surface area contributed by atoms with E-state index in [0.717, 1.165) is 31.2 Å². The molecule has 4 N–H and O–H groups in total. The summed E-state index contributed by atoms with van der Waals surface area (Å²) in [6, 6.07) is 5.80. The lowest BCUT2D eigenvalue weighted by molar-refractivity contribution is 0.139. The van der Waals surface area contributed by atoms with Crippen LogP contribution in [0.25, 0.3) is 0 Å². The molecule has 1 fully saturated rings. The largest absolute Gasteiger partial charge is 0.508 e. The topological polar surface area (TPSA) is 69.7 Å². The Morgan fingerprint density at radius 2 is 1.84 bits per heavy atom. The molecule has 0 amide bonds. The number of phenolic OH excluding ortho intramolecular Hbond substituents is 2. The minimum absolute atomic E-state index is 0.0970. The van der Waals surface area contributed by atoms with E-state index in [1.165, 1.54) is 6.07 Å². The summed E-state index contributed by atoms with van der Waals surface area (Å²) in [4.78, 5) is 2.30. The fourth-order valence-electron chi connectivity index (χ4n) is 2.93. The maximum absolute atomic E-state index is 9.94. The summed E-state index contributed by atoms with van der Waals surface area (Å²) in [5.74, 6) is 0.256. The predicted octanol–water partition coefficient (Wildman–Crippen LogP) is 2.36. The smallest absolute Gasteiger partial charge is 0.124 e. The van der Waals surface area contributed by atoms with Crippen LogP contribution in [0, 0.1) is 0 Å². The van der Waals surface area contributed by atoms with E-state index in [4.69, 9.17) is 5.73 Å². The first-order valence-electron chi connectivity index (χ1n) is 6.98. The van der Waals surface area contributed by atoms with Gasteiger partial charge in [-0.3, -0.25) is 4.90 Å². The van der Waals surface area contributed by atoms with Crippen LogP contribution in [0.4, 0.5) is 0 Å². The lowest BCUT2D eigenvalue weighted by Gasteiger charge is -2.37. The van der Waals surface area contributed by atoms with Gasteiger partial charge >= 0.3 is 0 Å². The zero-order valence-corrected chi connectivity index (χ0v) is 11.7. The summed E-state index contributed by atoms with van der Waals surface area (Å²) in [6.45, 7) is 2.08. The standard InChI is InChI=1S/C15H24N2O2/c1-10(14-8-7-13(18)9-15(14)19)17(2)12-5-3-11(16)4-6-12/h7-12,18-19H,3-6,16H2,1-2H3. The molecule has 0 saturated heterocycles. The number of aromatic hydroxyl groups is 2. The third kappa shape index (κ3) is 3.19. The van der Waals surface area contributed by atoms with Crippen molar-refractivity contribution in [1.29, 1.82) is 0 Å². The van der Waals surface area contributed by atoms with E-state index in [0.29, 0.717) is 12.1 Å². The van der Waals surface area contributed by atoms with Crippen molar-refractivity contribution in [2.45, 2.75) is 50.7 Å². The number of hydrogen-bond donors (Lipinski definition) is 3. The Hall–Kier alpha value is -1.26. The zero-order valence-electron chi connectivity index (χ0n) is 11.7. The Morgan fingerprint density at radius 3 is 2.42 bits per heavy atom. The fraction of sp³-hybridized carbons (Fsp3) is 0.600. The minimum Gasteiger partial charge on any atom is -0.508 e. The lowest BCUT2D eigenvalue weighted by Crippen LogP contribution is -2.39. The number of nitrogens with zero attached hydrogens (tertiary/aromatic N) is 1. The maximum atomic E-state index is 9.94. The van der Waals surface area contributed by atoms with Crippen LogP contribution in [-0.2, 0) is 0 Å². The monoisotopic (exact) mass is 264 g/mol. The summed E-state index contributed by atoms with van der Waals surface area (Å²) in [7, 11) is 2.10. The average Bonchev–Trinajstić information content (AvgIpc) is 2.38. The molecular formula is C15H24N2O2. The van der Waals surface area contributed by atoms with Gasteiger partial charge in [-0.2, -0.15) is 0 Å². The van der Waals surface area contributed by atoms with Crippen LogP contribution in [0.1, 0.15) is 44.2 Å². The second-order valence-corrected chi connectivity index (χ2v) is 5.65. The van der Waals surface area contributed by atoms with Gasteiger partial charge in [0.15, 0.2) is 0 Å². The second kappa shape index (κ2) is 5.80. The highest BCUT2D eigenvalue weighted by Crippen LogP contribution is 2.33. The Labute approximate surface area is 114 Å². The van der Waals surface area contributed by atoms with Gasteiger partial charge in [-0.05, 0) is 45.7 Å². The third-order valence-corrected chi connectivity index (χ3v) is 4.39. The summed E-state index contributed by atoms with van der Waals surface area (Å²) >= 11 is 0. The SMILES string of the molecule is CC(c1ccc(O)cc1O)N(C)C1CCC(N)CC1. The van der Waals surface area contributed by atoms with Crippen molar-refractivity contribution in [3.63, 3.8) is 0 Å². The molecule has 0 radical (unpaired) electrons. The van der Waals surface area contributed by atoms with Gasteiger partial charge < -0.3 is 15.9 Å². The highest BCUT2D eigenvalue weighted by atomic mass is 16.3. The summed E-state index contributed by atoms with van der Waals surface area (Å²) in [5.41, 5.74) is 6.80. The highest BCUT2D eigenvalue weighted by Gasteiger charge is 2.26. The first-order valence-corrected chi connectivity index (χ1v) is 6.98. The second-order valence-electron chi connectivity index (χ2n) is 5.65. The van der Waals surface area contributed by atoms with Crippen molar-refractivity contribution < 1.29 is 10.2 Å². The van der Waals surface area contributed by atoms with Crippen LogP contribution >= 0.6 is 0 Å². The molecule has 0 spiro atoms. The van der Waals surface area contributed by atoms with Gasteiger partial charge in [0.25, 0.3) is 0 Å². The molecular weight excluding hydrogens is 240 g/mol. The van der Waals surface area contributed by atoms with Gasteiger partial charge in [0.1, 0.15) is 11.5 Å². The Morgan fingerprint density at radius 1 is 1.21 bits per heavy atom. The number of nitrogens with two attached hydrogens (primary N) is 1. The van der Waals surface area contributed by atoms with Crippen molar-refractivity contribution in [2.75, 3.05) is 7.05 Å². The van der Waals surface area contributed by atoms with E-state index in [-0.39, 0.29) is 17.5 Å². The third-order valence-electron chi connectivity index (χ3n) is 4.39. The lowest BCUT2D eigenvalue weighted by atomic mass is 9.89. The van der Waals surface area contributed by atoms with Crippen molar-refractivity contribution in [2.24, 2.45) is 5.73 Å². The van der Waals surface area contributed by atoms with Crippen molar-refractivity contribution in [3.8, 4) is 11.5 Å². The molecule has 1 aromatic rings. The van der Waals surface area contributed by atoms with Crippen LogP contribution < -0.4 is 5.73 Å². The van der Waals surface area contributed by atoms with Gasteiger partial charge in [-0.1, -0.05) is 6.07 Å². The predicted molar refractivity (Wildman–Crippen MR) is 76.2 cm³/mol. The molecule has 0 aliphatic heterocycles. The normalized spacial score (nSPS) is 25.5. The van der Waals surface area contributed by atoms with Crippen LogP contribution in [0.2, 0.25) is 0 Å². The molecule has 0 bridgehead atoms. The molecule has 2 rings (SSSR count). The zero-order chi connectivity index (χ0) is 14.0. The Kier molecular flexibility index (Phi) is 4.32. The fourth-order valence-corrected chi connectivity index (χ4v) is 2.93. The molecule has 0 heterocycles. The number of hydrogen-bond acceptors (Lipinski definition) is 4. The minimum atomic E-state index is 0.0970. The van der Waals surface area contributed by atoms with Crippen LogP contribution in [0.5, 0.6) is 11.5 Å². The molecule has 1 aliphatic carbocycles. The van der Waals surface area contributed by atoms with Gasteiger partial charge in [-0.25, -0.2) is 0 Å². The summed E-state index contributed by atoms with van der Waals surface area (Å²) in [5, 5.41) is 19.3. The molecule has 1 saturated carbocycles. The maximum Gasteiger partial charge on any atom is 0.124 e. The van der Waals surface area contributed by atoms with Gasteiger partial charge in [-0.15, -0.1) is 0 Å². The van der Waals surface area contributed by atoms with Crippen LogP contribution in [0.3, 0.4) is 0 Å². The molecule has 106 valence electrons. The molecule has 1 aromatic carbocycles. The Balaban J connectivity index is 2.08. The highest BCUT2D eigenvalue weighted by molar-refractivity contribution is 5.40. The molecule has 19 heavy (non-hydrogen) atoms. The van der Waals surface area contributed by atoms with E-state index >= 15 is 0 Å². The first kappa shape index (κ1) is 14.2. The average molecular weight is 264 g/mol. The molecule has 1 atom stereocenters. The van der Waals surface area contributed by atoms with E-state index in [9.17, 15) is 10.2 Å². The molecule has 0 aromatic heterocycles. The quantitative estimate of drug-likeness (QED) is 0.784. The van der Waals surface area contributed by atoms with E-state index in [1.54, 1.807) is 12.1 Å². The van der Waals surface area contributed by atoms with Gasteiger partial charge in [0.2, 0.25) is 0 Å². The molecule has 4 nitrogen and oxygen atoms in total. The van der Waals surface area contributed by atoms with Gasteiger partial charge in [0.05, 0.1) is 0 Å². The number of benzene rings is 1. The van der Waals surface area contributed by atoms with E-state index < -0.39 is 0 Å². The molecule has 1 aliphatic rings. The van der Waals surface area contributed by atoms with Crippen molar-refractivity contribution in [3.05, 3.63) is 23.8 Å². The van der Waals surface area contributed by atoms with Crippen LogP contribution in [0.15, 0.2) is 18.2 Å². The Bertz CT molecular complexity index is 428. The van der Waals surface area contributed by atoms with Crippen LogP contribution in [-0.4, -0.2) is 34.2 Å². The molecule has 1 unspecified atom stereocenters.